The van der Waals surface area contributed by atoms with Crippen LogP contribution in [-0.4, -0.2) is 24.4 Å². The number of hydrogen-bond acceptors (Lipinski definition) is 3. The Hall–Kier alpha value is -2.11. The Balaban J connectivity index is 2.57. The molecule has 0 spiro atoms. The summed E-state index contributed by atoms with van der Waals surface area (Å²) in [5, 5.41) is 5.76. The summed E-state index contributed by atoms with van der Waals surface area (Å²) in [4.78, 5) is 22.3. The predicted octanol–water partition coefficient (Wildman–Crippen LogP) is 2.01. The zero-order valence-corrected chi connectivity index (χ0v) is 13.3. The van der Waals surface area contributed by atoms with Crippen molar-refractivity contribution in [2.24, 2.45) is 5.73 Å². The third-order valence-corrected chi connectivity index (χ3v) is 3.41. The van der Waals surface area contributed by atoms with Gasteiger partial charge in [0.15, 0.2) is 0 Å². The van der Waals surface area contributed by atoms with Gasteiger partial charge in [0.25, 0.3) is 0 Å². The monoisotopic (exact) mass is 309 g/mol. The lowest BCUT2D eigenvalue weighted by atomic mass is 10.1. The molecule has 0 aliphatic rings. The van der Waals surface area contributed by atoms with Gasteiger partial charge in [-0.3, -0.25) is 9.59 Å². The summed E-state index contributed by atoms with van der Waals surface area (Å²) in [6.45, 7) is 5.41. The number of rotatable bonds is 8. The second-order valence-electron chi connectivity index (χ2n) is 5.50. The van der Waals surface area contributed by atoms with E-state index in [0.29, 0.717) is 29.8 Å². The van der Waals surface area contributed by atoms with E-state index >= 15 is 0 Å². The van der Waals surface area contributed by atoms with E-state index in [9.17, 15) is 14.0 Å². The highest BCUT2D eigenvalue weighted by Crippen LogP contribution is 2.20. The molecule has 122 valence electrons. The molecule has 0 radical (unpaired) electrons. The molecule has 1 atom stereocenters. The van der Waals surface area contributed by atoms with Crippen LogP contribution in [0.1, 0.15) is 37.3 Å². The van der Waals surface area contributed by atoms with Crippen LogP contribution in [0, 0.1) is 19.7 Å². The average molecular weight is 309 g/mol. The second kappa shape index (κ2) is 8.36. The van der Waals surface area contributed by atoms with Crippen molar-refractivity contribution in [2.75, 3.05) is 11.9 Å². The molecular formula is C16H24FN3O2. The maximum atomic E-state index is 13.6. The Morgan fingerprint density at radius 2 is 1.82 bits per heavy atom. The number of amides is 2. The molecule has 0 aromatic heterocycles. The van der Waals surface area contributed by atoms with E-state index < -0.39 is 11.9 Å². The largest absolute Gasteiger partial charge is 0.374 e. The first-order chi connectivity index (χ1) is 10.3. The first-order valence-electron chi connectivity index (χ1n) is 7.38. The quantitative estimate of drug-likeness (QED) is 0.642. The van der Waals surface area contributed by atoms with E-state index in [1.165, 1.54) is 6.92 Å². The number of nitrogens with one attached hydrogen (secondary N) is 2. The standard InChI is InChI=1S/C16H24FN3O2/c1-10-8-13(9-11(2)15(10)17)20-14(16(18)22)6-4-5-7-19-12(3)21/h8-9,14,20H,4-7H2,1-3H3,(H2,18,22)(H,19,21)/t14-/m1/s1. The molecule has 0 aliphatic carbocycles. The molecule has 1 aromatic rings. The van der Waals surface area contributed by atoms with Gasteiger partial charge < -0.3 is 16.4 Å². The van der Waals surface area contributed by atoms with Crippen molar-refractivity contribution in [1.82, 2.24) is 5.32 Å². The van der Waals surface area contributed by atoms with Crippen molar-refractivity contribution in [3.05, 3.63) is 29.1 Å². The second-order valence-corrected chi connectivity index (χ2v) is 5.50. The van der Waals surface area contributed by atoms with E-state index in [1.54, 1.807) is 26.0 Å². The number of unbranched alkanes of at least 4 members (excludes halogenated alkanes) is 1. The Bertz CT molecular complexity index is 523. The minimum atomic E-state index is -0.512. The van der Waals surface area contributed by atoms with Gasteiger partial charge in [-0.25, -0.2) is 4.39 Å². The number of hydrogen-bond donors (Lipinski definition) is 3. The first kappa shape index (κ1) is 17.9. The van der Waals surface area contributed by atoms with Crippen LogP contribution in [0.3, 0.4) is 0 Å². The van der Waals surface area contributed by atoms with Gasteiger partial charge in [0, 0.05) is 19.2 Å². The van der Waals surface area contributed by atoms with Crippen LogP contribution in [0.2, 0.25) is 0 Å². The molecule has 4 N–H and O–H groups in total. The molecule has 0 unspecified atom stereocenters. The molecule has 1 rings (SSSR count). The SMILES string of the molecule is CC(=O)NCCCC[C@@H](Nc1cc(C)c(F)c(C)c1)C(N)=O. The van der Waals surface area contributed by atoms with Gasteiger partial charge in [-0.15, -0.1) is 0 Å². The summed E-state index contributed by atoms with van der Waals surface area (Å²) in [5.74, 6) is -0.752. The fraction of sp³-hybridized carbons (Fsp3) is 0.500. The number of anilines is 1. The topological polar surface area (TPSA) is 84.2 Å². The third kappa shape index (κ3) is 5.71. The summed E-state index contributed by atoms with van der Waals surface area (Å²) in [6, 6.07) is 2.81. The minimum absolute atomic E-state index is 0.0677. The maximum absolute atomic E-state index is 13.6. The number of primary amides is 1. The number of carbonyl (C=O) groups is 2. The van der Waals surface area contributed by atoms with E-state index in [2.05, 4.69) is 10.6 Å². The van der Waals surface area contributed by atoms with Crippen molar-refractivity contribution in [1.29, 1.82) is 0 Å². The third-order valence-electron chi connectivity index (χ3n) is 3.41. The van der Waals surface area contributed by atoms with Gasteiger partial charge in [0.1, 0.15) is 11.9 Å². The van der Waals surface area contributed by atoms with Crippen molar-refractivity contribution < 1.29 is 14.0 Å². The summed E-state index contributed by atoms with van der Waals surface area (Å²) in [7, 11) is 0. The first-order valence-corrected chi connectivity index (χ1v) is 7.38. The lowest BCUT2D eigenvalue weighted by molar-refractivity contribution is -0.120. The molecule has 2 amide bonds. The van der Waals surface area contributed by atoms with Crippen LogP contribution in [-0.2, 0) is 9.59 Å². The van der Waals surface area contributed by atoms with Crippen LogP contribution < -0.4 is 16.4 Å². The molecule has 22 heavy (non-hydrogen) atoms. The molecule has 0 fully saturated rings. The highest BCUT2D eigenvalue weighted by Gasteiger charge is 2.15. The van der Waals surface area contributed by atoms with Crippen LogP contribution in [0.15, 0.2) is 12.1 Å². The zero-order chi connectivity index (χ0) is 16.7. The molecule has 1 aromatic carbocycles. The van der Waals surface area contributed by atoms with Crippen molar-refractivity contribution in [2.45, 2.75) is 46.1 Å². The molecule has 6 heteroatoms. The van der Waals surface area contributed by atoms with E-state index in [1.807, 2.05) is 0 Å². The number of halogens is 1. The van der Waals surface area contributed by atoms with Gasteiger partial charge in [-0.2, -0.15) is 0 Å². The fourth-order valence-corrected chi connectivity index (χ4v) is 2.25. The lowest BCUT2D eigenvalue weighted by Crippen LogP contribution is -2.35. The van der Waals surface area contributed by atoms with Gasteiger partial charge >= 0.3 is 0 Å². The summed E-state index contributed by atoms with van der Waals surface area (Å²) < 4.78 is 13.6. The van der Waals surface area contributed by atoms with E-state index in [0.717, 1.165) is 12.8 Å². The van der Waals surface area contributed by atoms with Crippen LogP contribution in [0.5, 0.6) is 0 Å². The smallest absolute Gasteiger partial charge is 0.239 e. The maximum Gasteiger partial charge on any atom is 0.239 e. The van der Waals surface area contributed by atoms with Gasteiger partial charge in [-0.1, -0.05) is 0 Å². The van der Waals surface area contributed by atoms with Crippen LogP contribution in [0.25, 0.3) is 0 Å². The lowest BCUT2D eigenvalue weighted by Gasteiger charge is -2.18. The molecular weight excluding hydrogens is 285 g/mol. The van der Waals surface area contributed by atoms with Crippen molar-refractivity contribution in [3.8, 4) is 0 Å². The Labute approximate surface area is 130 Å². The Morgan fingerprint density at radius 3 is 2.32 bits per heavy atom. The number of nitrogens with two attached hydrogens (primary N) is 1. The molecule has 0 aliphatic heterocycles. The van der Waals surface area contributed by atoms with Gasteiger partial charge in [0.2, 0.25) is 11.8 Å². The van der Waals surface area contributed by atoms with Crippen molar-refractivity contribution in [3.63, 3.8) is 0 Å². The number of carbonyl (C=O) groups excluding carboxylic acids is 2. The predicted molar refractivity (Wildman–Crippen MR) is 85.0 cm³/mol. The summed E-state index contributed by atoms with van der Waals surface area (Å²) in [6.07, 6.45) is 2.08. The minimum Gasteiger partial charge on any atom is -0.374 e. The number of benzene rings is 1. The van der Waals surface area contributed by atoms with Crippen molar-refractivity contribution >= 4 is 17.5 Å². The summed E-state index contributed by atoms with van der Waals surface area (Å²) >= 11 is 0. The number of aryl methyl sites for hydroxylation is 2. The fourth-order valence-electron chi connectivity index (χ4n) is 2.25. The highest BCUT2D eigenvalue weighted by molar-refractivity contribution is 5.83. The summed E-state index contributed by atoms with van der Waals surface area (Å²) in [5.41, 5.74) is 7.14. The zero-order valence-electron chi connectivity index (χ0n) is 13.3. The Kier molecular flexibility index (Phi) is 6.82. The van der Waals surface area contributed by atoms with E-state index in [-0.39, 0.29) is 11.7 Å². The molecule has 0 saturated carbocycles. The normalized spacial score (nSPS) is 11.8. The average Bonchev–Trinajstić information content (AvgIpc) is 2.42. The van der Waals surface area contributed by atoms with Crippen LogP contribution in [0.4, 0.5) is 10.1 Å². The van der Waals surface area contributed by atoms with Gasteiger partial charge in [0.05, 0.1) is 0 Å². The molecule has 0 bridgehead atoms. The van der Waals surface area contributed by atoms with E-state index in [4.69, 9.17) is 5.73 Å². The Morgan fingerprint density at radius 1 is 1.23 bits per heavy atom. The van der Waals surface area contributed by atoms with Crippen LogP contribution >= 0.6 is 0 Å². The molecule has 0 saturated heterocycles. The highest BCUT2D eigenvalue weighted by atomic mass is 19.1. The molecule has 0 heterocycles. The molecule has 5 nitrogen and oxygen atoms in total. The van der Waals surface area contributed by atoms with Gasteiger partial charge in [-0.05, 0) is 56.4 Å².